The number of amides is 1. The first kappa shape index (κ1) is 16.1. The molecule has 116 valence electrons. The van der Waals surface area contributed by atoms with Gasteiger partial charge in [0.1, 0.15) is 0 Å². The molecule has 5 heteroatoms. The first-order valence-corrected chi connectivity index (χ1v) is 7.88. The molecule has 3 N–H and O–H groups in total. The SMILES string of the molecule is CC1CCCC(N(C)CC(=O)Nc2ccc(Cl)cc2N)C1. The maximum absolute atomic E-state index is 12.1. The lowest BCUT2D eigenvalue weighted by molar-refractivity contribution is -0.117. The van der Waals surface area contributed by atoms with Gasteiger partial charge in [-0.25, -0.2) is 0 Å². The van der Waals surface area contributed by atoms with Crippen molar-refractivity contribution in [2.75, 3.05) is 24.6 Å². The molecule has 1 aliphatic rings. The summed E-state index contributed by atoms with van der Waals surface area (Å²) in [6.45, 7) is 2.67. The van der Waals surface area contributed by atoms with Gasteiger partial charge in [0, 0.05) is 11.1 Å². The zero-order valence-electron chi connectivity index (χ0n) is 12.7. The van der Waals surface area contributed by atoms with Gasteiger partial charge in [-0.15, -0.1) is 0 Å². The quantitative estimate of drug-likeness (QED) is 0.838. The number of nitrogens with zero attached hydrogens (tertiary/aromatic N) is 1. The van der Waals surface area contributed by atoms with Crippen molar-refractivity contribution < 1.29 is 4.79 Å². The normalized spacial score (nSPS) is 22.3. The van der Waals surface area contributed by atoms with Crippen LogP contribution in [0.1, 0.15) is 32.6 Å². The second-order valence-corrected chi connectivity index (χ2v) is 6.56. The Morgan fingerprint density at radius 2 is 2.24 bits per heavy atom. The maximum atomic E-state index is 12.1. The van der Waals surface area contributed by atoms with Gasteiger partial charge in [-0.2, -0.15) is 0 Å². The van der Waals surface area contributed by atoms with Crippen molar-refractivity contribution in [2.45, 2.75) is 38.6 Å². The third kappa shape index (κ3) is 4.61. The lowest BCUT2D eigenvalue weighted by atomic mass is 9.86. The van der Waals surface area contributed by atoms with Crippen molar-refractivity contribution in [2.24, 2.45) is 5.92 Å². The molecule has 21 heavy (non-hydrogen) atoms. The van der Waals surface area contributed by atoms with E-state index in [1.54, 1.807) is 18.2 Å². The molecule has 0 spiro atoms. The number of carbonyl (C=O) groups is 1. The molecule has 1 aromatic carbocycles. The molecule has 0 bridgehead atoms. The smallest absolute Gasteiger partial charge is 0.238 e. The fourth-order valence-corrected chi connectivity index (χ4v) is 3.18. The van der Waals surface area contributed by atoms with Gasteiger partial charge >= 0.3 is 0 Å². The van der Waals surface area contributed by atoms with Crippen molar-refractivity contribution in [3.05, 3.63) is 23.2 Å². The van der Waals surface area contributed by atoms with Crippen LogP contribution in [0.15, 0.2) is 18.2 Å². The van der Waals surface area contributed by atoms with Gasteiger partial charge < -0.3 is 11.1 Å². The van der Waals surface area contributed by atoms with E-state index >= 15 is 0 Å². The zero-order chi connectivity index (χ0) is 15.4. The number of halogens is 1. The molecule has 2 atom stereocenters. The second kappa shape index (κ2) is 7.14. The molecule has 0 aromatic heterocycles. The molecular weight excluding hydrogens is 286 g/mol. The molecule has 0 heterocycles. The summed E-state index contributed by atoms with van der Waals surface area (Å²) in [7, 11) is 2.02. The third-order valence-electron chi connectivity index (χ3n) is 4.21. The monoisotopic (exact) mass is 309 g/mol. The molecule has 0 radical (unpaired) electrons. The van der Waals surface area contributed by atoms with E-state index in [-0.39, 0.29) is 5.91 Å². The number of nitrogen functional groups attached to an aromatic ring is 1. The van der Waals surface area contributed by atoms with Crippen molar-refractivity contribution in [1.82, 2.24) is 4.90 Å². The van der Waals surface area contributed by atoms with E-state index in [1.807, 2.05) is 7.05 Å². The zero-order valence-corrected chi connectivity index (χ0v) is 13.5. The Kier molecular flexibility index (Phi) is 5.48. The Morgan fingerprint density at radius 3 is 2.90 bits per heavy atom. The fraction of sp³-hybridized carbons (Fsp3) is 0.562. The van der Waals surface area contributed by atoms with Gasteiger partial charge in [-0.05, 0) is 44.0 Å². The van der Waals surface area contributed by atoms with Crippen LogP contribution in [0.5, 0.6) is 0 Å². The Hall–Kier alpha value is -1.26. The van der Waals surface area contributed by atoms with Crippen LogP contribution in [0.25, 0.3) is 0 Å². The summed E-state index contributed by atoms with van der Waals surface area (Å²) < 4.78 is 0. The number of likely N-dealkylation sites (N-methyl/N-ethyl adjacent to an activating group) is 1. The van der Waals surface area contributed by atoms with Crippen molar-refractivity contribution in [3.8, 4) is 0 Å². The Labute approximate surface area is 131 Å². The summed E-state index contributed by atoms with van der Waals surface area (Å²) in [5.74, 6) is 0.714. The number of nitrogens with two attached hydrogens (primary N) is 1. The largest absolute Gasteiger partial charge is 0.397 e. The van der Waals surface area contributed by atoms with Crippen molar-refractivity contribution in [1.29, 1.82) is 0 Å². The Bertz CT molecular complexity index is 506. The first-order valence-electron chi connectivity index (χ1n) is 7.51. The summed E-state index contributed by atoms with van der Waals surface area (Å²) in [5, 5.41) is 3.42. The molecule has 1 amide bonds. The lowest BCUT2D eigenvalue weighted by Gasteiger charge is -2.33. The molecule has 4 nitrogen and oxygen atoms in total. The number of nitrogens with one attached hydrogen (secondary N) is 1. The molecule has 1 aliphatic carbocycles. The third-order valence-corrected chi connectivity index (χ3v) is 4.45. The van der Waals surface area contributed by atoms with Gasteiger partial charge in [-0.3, -0.25) is 9.69 Å². The number of rotatable bonds is 4. The van der Waals surface area contributed by atoms with E-state index in [2.05, 4.69) is 17.1 Å². The van der Waals surface area contributed by atoms with E-state index in [0.29, 0.717) is 29.0 Å². The van der Waals surface area contributed by atoms with Crippen molar-refractivity contribution in [3.63, 3.8) is 0 Å². The number of hydrogen-bond donors (Lipinski definition) is 2. The van der Waals surface area contributed by atoms with Gasteiger partial charge in [-0.1, -0.05) is 31.4 Å². The highest BCUT2D eigenvalue weighted by Gasteiger charge is 2.23. The summed E-state index contributed by atoms with van der Waals surface area (Å²) in [4.78, 5) is 14.3. The molecule has 2 rings (SSSR count). The lowest BCUT2D eigenvalue weighted by Crippen LogP contribution is -2.40. The molecule has 1 fully saturated rings. The maximum Gasteiger partial charge on any atom is 0.238 e. The molecule has 1 saturated carbocycles. The molecule has 0 aliphatic heterocycles. The van der Waals surface area contributed by atoms with Crippen LogP contribution < -0.4 is 11.1 Å². The van der Waals surface area contributed by atoms with E-state index in [0.717, 1.165) is 5.92 Å². The van der Waals surface area contributed by atoms with Crippen LogP contribution in [0.4, 0.5) is 11.4 Å². The Balaban J connectivity index is 1.89. The summed E-state index contributed by atoms with van der Waals surface area (Å²) in [6, 6.07) is 5.60. The highest BCUT2D eigenvalue weighted by molar-refractivity contribution is 6.31. The molecule has 1 aromatic rings. The van der Waals surface area contributed by atoms with Gasteiger partial charge in [0.15, 0.2) is 0 Å². The fourth-order valence-electron chi connectivity index (χ4n) is 3.00. The predicted molar refractivity (Wildman–Crippen MR) is 88.5 cm³/mol. The number of hydrogen-bond acceptors (Lipinski definition) is 3. The van der Waals surface area contributed by atoms with Gasteiger partial charge in [0.2, 0.25) is 5.91 Å². The second-order valence-electron chi connectivity index (χ2n) is 6.12. The van der Waals surface area contributed by atoms with Crippen LogP contribution in [-0.4, -0.2) is 30.4 Å². The summed E-state index contributed by atoms with van der Waals surface area (Å²) >= 11 is 5.85. The summed E-state index contributed by atoms with van der Waals surface area (Å²) in [6.07, 6.45) is 4.91. The highest BCUT2D eigenvalue weighted by atomic mass is 35.5. The number of benzene rings is 1. The van der Waals surface area contributed by atoms with E-state index in [1.165, 1.54) is 25.7 Å². The van der Waals surface area contributed by atoms with Crippen molar-refractivity contribution >= 4 is 28.9 Å². The van der Waals surface area contributed by atoms with E-state index in [4.69, 9.17) is 17.3 Å². The van der Waals surface area contributed by atoms with Crippen LogP contribution in [-0.2, 0) is 4.79 Å². The average Bonchev–Trinajstić information content (AvgIpc) is 2.42. The van der Waals surface area contributed by atoms with Gasteiger partial charge in [0.05, 0.1) is 17.9 Å². The average molecular weight is 310 g/mol. The topological polar surface area (TPSA) is 58.4 Å². The van der Waals surface area contributed by atoms with Gasteiger partial charge in [0.25, 0.3) is 0 Å². The number of anilines is 2. The Morgan fingerprint density at radius 1 is 1.48 bits per heavy atom. The first-order chi connectivity index (χ1) is 9.95. The molecule has 0 saturated heterocycles. The van der Waals surface area contributed by atoms with Crippen LogP contribution in [0.2, 0.25) is 5.02 Å². The van der Waals surface area contributed by atoms with E-state index in [9.17, 15) is 4.79 Å². The van der Waals surface area contributed by atoms with E-state index < -0.39 is 0 Å². The summed E-state index contributed by atoms with van der Waals surface area (Å²) in [5.41, 5.74) is 6.96. The minimum Gasteiger partial charge on any atom is -0.397 e. The van der Waals surface area contributed by atoms with Crippen LogP contribution in [0.3, 0.4) is 0 Å². The molecule has 2 unspecified atom stereocenters. The minimum atomic E-state index is -0.0373. The minimum absolute atomic E-state index is 0.0373. The predicted octanol–water partition coefficient (Wildman–Crippen LogP) is 3.37. The number of carbonyl (C=O) groups excluding carboxylic acids is 1. The van der Waals surface area contributed by atoms with Crippen LogP contribution >= 0.6 is 11.6 Å². The van der Waals surface area contributed by atoms with Crippen LogP contribution in [0, 0.1) is 5.92 Å². The highest BCUT2D eigenvalue weighted by Crippen LogP contribution is 2.27. The standard InChI is InChI=1S/C16H24ClN3O/c1-11-4-3-5-13(8-11)20(2)10-16(21)19-15-7-6-12(17)9-14(15)18/h6-7,9,11,13H,3-5,8,10,18H2,1-2H3,(H,19,21). The molecular formula is C16H24ClN3O.